The molecule has 0 atom stereocenters. The van der Waals surface area contributed by atoms with Crippen LogP contribution in [-0.4, -0.2) is 47.3 Å². The van der Waals surface area contributed by atoms with Gasteiger partial charge in [0.25, 0.3) is 0 Å². The van der Waals surface area contributed by atoms with Crippen molar-refractivity contribution in [1.82, 2.24) is 9.88 Å². The molecule has 34 heavy (non-hydrogen) atoms. The number of nitrogens with zero attached hydrogens (tertiary/aromatic N) is 3. The molecule has 2 heterocycles. The van der Waals surface area contributed by atoms with E-state index in [4.69, 9.17) is 0 Å². The first-order valence-electron chi connectivity index (χ1n) is 12.2. The van der Waals surface area contributed by atoms with Crippen molar-refractivity contribution >= 4 is 28.3 Å². The molecular weight excluding hydrogens is 424 g/mol. The van der Waals surface area contributed by atoms with E-state index in [1.165, 1.54) is 25.7 Å². The lowest BCUT2D eigenvalue weighted by atomic mass is 9.71. The van der Waals surface area contributed by atoms with Gasteiger partial charge in [0.1, 0.15) is 0 Å². The number of ketones is 1. The van der Waals surface area contributed by atoms with Gasteiger partial charge in [0, 0.05) is 52.4 Å². The van der Waals surface area contributed by atoms with E-state index >= 15 is 0 Å². The lowest BCUT2D eigenvalue weighted by molar-refractivity contribution is -0.122. The van der Waals surface area contributed by atoms with Gasteiger partial charge in [-0.25, -0.2) is 0 Å². The van der Waals surface area contributed by atoms with Crippen LogP contribution in [0.2, 0.25) is 0 Å². The lowest BCUT2D eigenvalue weighted by Crippen LogP contribution is -2.53. The summed E-state index contributed by atoms with van der Waals surface area (Å²) in [6.45, 7) is 6.26. The standard InChI is InChI=1S/C28H28N4O2/c1-28(2)22-14-19(32-12-11-31(16-24(32)33)18-5-3-4-6-18)8-10-20(22)26(34)25-21-9-7-17(15-29)13-23(21)30-27(25)28/h7-10,13-14,18,30H,3-6,11-12,16H2,1-2H3. The zero-order chi connectivity index (χ0) is 23.6. The number of fused-ring (bicyclic) bond motifs is 4. The smallest absolute Gasteiger partial charge is 0.241 e. The molecule has 1 amide bonds. The second-order valence-electron chi connectivity index (χ2n) is 10.4. The highest BCUT2D eigenvalue weighted by molar-refractivity contribution is 6.20. The van der Waals surface area contributed by atoms with Gasteiger partial charge < -0.3 is 9.88 Å². The largest absolute Gasteiger partial charge is 0.357 e. The van der Waals surface area contributed by atoms with Crippen LogP contribution >= 0.6 is 0 Å². The fourth-order valence-corrected chi connectivity index (χ4v) is 6.20. The number of hydrogen-bond donors (Lipinski definition) is 1. The van der Waals surface area contributed by atoms with Crippen LogP contribution in [0.5, 0.6) is 0 Å². The maximum atomic E-state index is 13.6. The predicted octanol–water partition coefficient (Wildman–Crippen LogP) is 4.50. The summed E-state index contributed by atoms with van der Waals surface area (Å²) in [5.74, 6) is 0.123. The molecule has 0 bridgehead atoms. The number of nitrogens with one attached hydrogen (secondary N) is 1. The molecule has 6 heteroatoms. The fourth-order valence-electron chi connectivity index (χ4n) is 6.20. The predicted molar refractivity (Wildman–Crippen MR) is 131 cm³/mol. The molecule has 1 aliphatic heterocycles. The summed E-state index contributed by atoms with van der Waals surface area (Å²) in [6, 6.07) is 14.0. The van der Waals surface area contributed by atoms with Gasteiger partial charge in [-0.3, -0.25) is 14.5 Å². The average Bonchev–Trinajstić information content (AvgIpc) is 3.51. The Kier molecular flexibility index (Phi) is 4.69. The van der Waals surface area contributed by atoms with Crippen molar-refractivity contribution in [2.24, 2.45) is 0 Å². The molecule has 1 saturated carbocycles. The molecule has 1 saturated heterocycles. The molecule has 0 unspecified atom stereocenters. The Morgan fingerprint density at radius 3 is 2.59 bits per heavy atom. The van der Waals surface area contributed by atoms with Crippen molar-refractivity contribution in [3.8, 4) is 6.07 Å². The quantitative estimate of drug-likeness (QED) is 0.621. The molecule has 2 fully saturated rings. The van der Waals surface area contributed by atoms with Gasteiger partial charge in [-0.1, -0.05) is 32.8 Å². The summed E-state index contributed by atoms with van der Waals surface area (Å²) in [5.41, 5.74) is 4.94. The Morgan fingerprint density at radius 1 is 1.06 bits per heavy atom. The van der Waals surface area contributed by atoms with E-state index in [2.05, 4.69) is 29.8 Å². The molecule has 3 aliphatic rings. The highest BCUT2D eigenvalue weighted by atomic mass is 16.2. The van der Waals surface area contributed by atoms with Crippen molar-refractivity contribution in [2.45, 2.75) is 51.0 Å². The molecule has 0 spiro atoms. The normalized spacial score (nSPS) is 20.4. The number of amides is 1. The Bertz CT molecular complexity index is 1390. The Balaban J connectivity index is 1.37. The molecular formula is C28H28N4O2. The van der Waals surface area contributed by atoms with Crippen molar-refractivity contribution in [1.29, 1.82) is 5.26 Å². The fraction of sp³-hybridized carbons (Fsp3) is 0.393. The molecule has 172 valence electrons. The van der Waals surface area contributed by atoms with Crippen molar-refractivity contribution in [2.75, 3.05) is 24.5 Å². The molecule has 2 aromatic carbocycles. The number of nitriles is 1. The molecule has 1 aromatic heterocycles. The van der Waals surface area contributed by atoms with Crippen LogP contribution in [0.4, 0.5) is 5.69 Å². The lowest BCUT2D eigenvalue weighted by Gasteiger charge is -2.38. The number of aromatic amines is 1. The molecule has 1 N–H and O–H groups in total. The van der Waals surface area contributed by atoms with E-state index < -0.39 is 5.41 Å². The second kappa shape index (κ2) is 7.54. The summed E-state index contributed by atoms with van der Waals surface area (Å²) in [7, 11) is 0. The van der Waals surface area contributed by atoms with E-state index in [9.17, 15) is 14.9 Å². The van der Waals surface area contributed by atoms with Crippen LogP contribution in [0, 0.1) is 11.3 Å². The van der Waals surface area contributed by atoms with Crippen molar-refractivity contribution < 1.29 is 9.59 Å². The Morgan fingerprint density at radius 2 is 1.85 bits per heavy atom. The van der Waals surface area contributed by atoms with E-state index in [1.807, 2.05) is 29.2 Å². The highest BCUT2D eigenvalue weighted by Gasteiger charge is 2.40. The molecule has 6 nitrogen and oxygen atoms in total. The minimum atomic E-state index is -0.449. The third kappa shape index (κ3) is 3.04. The van der Waals surface area contributed by atoms with E-state index in [1.54, 1.807) is 12.1 Å². The van der Waals surface area contributed by atoms with Crippen LogP contribution in [0.3, 0.4) is 0 Å². The van der Waals surface area contributed by atoms with Crippen molar-refractivity contribution in [3.63, 3.8) is 0 Å². The maximum absolute atomic E-state index is 13.6. The van der Waals surface area contributed by atoms with Gasteiger partial charge >= 0.3 is 0 Å². The van der Waals surface area contributed by atoms with Gasteiger partial charge in [0.05, 0.1) is 23.7 Å². The molecule has 3 aromatic rings. The first kappa shape index (κ1) is 21.1. The zero-order valence-corrected chi connectivity index (χ0v) is 19.6. The van der Waals surface area contributed by atoms with Crippen LogP contribution in [0.1, 0.15) is 72.3 Å². The monoisotopic (exact) mass is 452 g/mol. The number of carbonyl (C=O) groups is 2. The maximum Gasteiger partial charge on any atom is 0.241 e. The van der Waals surface area contributed by atoms with Crippen LogP contribution in [0.25, 0.3) is 10.9 Å². The second-order valence-corrected chi connectivity index (χ2v) is 10.4. The Labute approximate surface area is 199 Å². The van der Waals surface area contributed by atoms with Gasteiger partial charge in [-0.15, -0.1) is 0 Å². The average molecular weight is 453 g/mol. The minimum absolute atomic E-state index is 0.00999. The molecule has 2 aliphatic carbocycles. The van der Waals surface area contributed by atoms with Crippen molar-refractivity contribution in [3.05, 3.63) is 64.3 Å². The minimum Gasteiger partial charge on any atom is -0.357 e. The van der Waals surface area contributed by atoms with Crippen LogP contribution < -0.4 is 4.90 Å². The van der Waals surface area contributed by atoms with Gasteiger partial charge in [-0.05, 0) is 48.7 Å². The molecule has 0 radical (unpaired) electrons. The number of H-pyrrole nitrogens is 1. The first-order valence-corrected chi connectivity index (χ1v) is 12.2. The summed E-state index contributed by atoms with van der Waals surface area (Å²) < 4.78 is 0. The van der Waals surface area contributed by atoms with Crippen LogP contribution in [-0.2, 0) is 10.2 Å². The van der Waals surface area contributed by atoms with E-state index in [0.717, 1.165) is 34.4 Å². The van der Waals surface area contributed by atoms with Gasteiger partial charge in [0.15, 0.2) is 5.78 Å². The summed E-state index contributed by atoms with van der Waals surface area (Å²) in [6.07, 6.45) is 4.93. The third-order valence-electron chi connectivity index (χ3n) is 8.10. The number of piperazine rings is 1. The zero-order valence-electron chi connectivity index (χ0n) is 19.6. The summed E-state index contributed by atoms with van der Waals surface area (Å²) in [5, 5.41) is 10.1. The third-order valence-corrected chi connectivity index (χ3v) is 8.10. The summed E-state index contributed by atoms with van der Waals surface area (Å²) >= 11 is 0. The summed E-state index contributed by atoms with van der Waals surface area (Å²) in [4.78, 5) is 34.4. The number of carbonyl (C=O) groups excluding carboxylic acids is 2. The SMILES string of the molecule is CC1(C)c2cc(N3CCN(C4CCCC4)CC3=O)ccc2C(=O)c2c1[nH]c1cc(C#N)ccc21. The highest BCUT2D eigenvalue weighted by Crippen LogP contribution is 2.45. The number of benzene rings is 2. The van der Waals surface area contributed by atoms with E-state index in [0.29, 0.717) is 35.8 Å². The van der Waals surface area contributed by atoms with Crippen LogP contribution in [0.15, 0.2) is 36.4 Å². The number of aromatic nitrogens is 1. The number of anilines is 1. The first-order chi connectivity index (χ1) is 16.4. The topological polar surface area (TPSA) is 80.2 Å². The van der Waals surface area contributed by atoms with E-state index in [-0.39, 0.29) is 11.7 Å². The van der Waals surface area contributed by atoms with Gasteiger partial charge in [-0.2, -0.15) is 5.26 Å². The number of rotatable bonds is 2. The van der Waals surface area contributed by atoms with Gasteiger partial charge in [0.2, 0.25) is 5.91 Å². The Hall–Kier alpha value is -3.43. The molecule has 6 rings (SSSR count). The number of hydrogen-bond acceptors (Lipinski definition) is 4.